The van der Waals surface area contributed by atoms with Crippen LogP contribution < -0.4 is 10.1 Å². The van der Waals surface area contributed by atoms with Gasteiger partial charge in [-0.15, -0.1) is 0 Å². The van der Waals surface area contributed by atoms with Crippen molar-refractivity contribution < 1.29 is 19.7 Å². The molecule has 0 amide bonds. The number of Topliss-reactive ketones (excluding diaryl/α,β-unsaturated/α-hetero) is 1. The van der Waals surface area contributed by atoms with Crippen LogP contribution in [0.15, 0.2) is 84.9 Å². The third kappa shape index (κ3) is 5.02. The number of phenolic OH excluding ortho intramolecular Hbond substituents is 1. The summed E-state index contributed by atoms with van der Waals surface area (Å²) in [5.74, 6) is 1.48. The normalized spacial score (nSPS) is 28.0. The molecule has 8 rings (SSSR count). The number of aliphatic hydroxyl groups is 1. The van der Waals surface area contributed by atoms with Crippen molar-refractivity contribution >= 4 is 5.78 Å². The summed E-state index contributed by atoms with van der Waals surface area (Å²) >= 11 is 0. The van der Waals surface area contributed by atoms with E-state index in [0.29, 0.717) is 29.9 Å². The fourth-order valence-corrected chi connectivity index (χ4v) is 9.15. The Balaban J connectivity index is 0.000000147. The predicted octanol–water partition coefficient (Wildman–Crippen LogP) is 5.68. The topological polar surface area (TPSA) is 82.0 Å². The van der Waals surface area contributed by atoms with Crippen molar-refractivity contribution in [2.24, 2.45) is 5.92 Å². The van der Waals surface area contributed by atoms with E-state index in [1.54, 1.807) is 6.07 Å². The molecule has 2 saturated heterocycles. The van der Waals surface area contributed by atoms with Crippen LogP contribution in [0.4, 0.5) is 0 Å². The number of hydrogen-bond acceptors (Lipinski definition) is 6. The van der Waals surface area contributed by atoms with E-state index >= 15 is 0 Å². The molecule has 1 spiro atoms. The van der Waals surface area contributed by atoms with Crippen molar-refractivity contribution in [2.45, 2.75) is 80.9 Å². The first-order valence-corrected chi connectivity index (χ1v) is 17.0. The van der Waals surface area contributed by atoms with Gasteiger partial charge in [-0.1, -0.05) is 92.2 Å². The summed E-state index contributed by atoms with van der Waals surface area (Å²) < 4.78 is 6.04. The van der Waals surface area contributed by atoms with Gasteiger partial charge in [0.2, 0.25) is 0 Å². The van der Waals surface area contributed by atoms with Crippen LogP contribution in [0.3, 0.4) is 0 Å². The lowest BCUT2D eigenvalue weighted by Crippen LogP contribution is -2.64. The van der Waals surface area contributed by atoms with Crippen molar-refractivity contribution in [1.29, 1.82) is 0 Å². The smallest absolute Gasteiger partial charge is 0.165 e. The van der Waals surface area contributed by atoms with Gasteiger partial charge < -0.3 is 25.2 Å². The van der Waals surface area contributed by atoms with Crippen LogP contribution in [-0.2, 0) is 22.0 Å². The zero-order valence-electron chi connectivity index (χ0n) is 26.3. The fourth-order valence-electron chi connectivity index (χ4n) is 9.15. The van der Waals surface area contributed by atoms with Crippen LogP contribution >= 0.6 is 0 Å². The van der Waals surface area contributed by atoms with Gasteiger partial charge in [-0.2, -0.15) is 0 Å². The second-order valence-electron chi connectivity index (χ2n) is 13.5. The maximum absolute atomic E-state index is 13.3. The standard InChI is InChI=1S/C23H29NO.C16H17NO3/c1-2-22(25)23(20-12-6-3-7-13-20,21-14-8-4-9-15-21)16-19-24-17-10-5-11-18-24;18-11-3-1-8-7-10-9-2-4-12(19)15-16(9,5-6-17-10)13(8)14(11)20-15/h3-4,6-9,12-15H,2,5,10-11,16-19H2,1H3;1-4,9-10,12,15,17-19H,5-7H2/t;9-,10+,12-,15-,16-/m.0/s1. The number of phenols is 1. The molecule has 0 radical (unpaired) electrons. The Morgan fingerprint density at radius 1 is 0.978 bits per heavy atom. The van der Waals surface area contributed by atoms with Gasteiger partial charge in [-0.05, 0) is 81.0 Å². The molecule has 5 atom stereocenters. The molecule has 3 aliphatic heterocycles. The fraction of sp³-hybridized carbons (Fsp3) is 0.462. The Kier molecular flexibility index (Phi) is 8.32. The van der Waals surface area contributed by atoms with E-state index in [0.717, 1.165) is 49.0 Å². The molecule has 2 bridgehead atoms. The van der Waals surface area contributed by atoms with E-state index in [9.17, 15) is 15.0 Å². The quantitative estimate of drug-likeness (QED) is 0.300. The van der Waals surface area contributed by atoms with Crippen LogP contribution in [0.25, 0.3) is 0 Å². The molecule has 3 aromatic carbocycles. The number of carbonyl (C=O) groups excluding carboxylic acids is 1. The average molecular weight is 607 g/mol. The van der Waals surface area contributed by atoms with Gasteiger partial charge in [0.25, 0.3) is 0 Å². The van der Waals surface area contributed by atoms with Crippen LogP contribution in [0, 0.1) is 5.92 Å². The number of piperidine rings is 2. The highest BCUT2D eigenvalue weighted by Gasteiger charge is 2.63. The summed E-state index contributed by atoms with van der Waals surface area (Å²) in [6, 6.07) is 24.9. The molecule has 0 saturated carbocycles. The van der Waals surface area contributed by atoms with Crippen LogP contribution in [0.2, 0.25) is 0 Å². The average Bonchev–Trinajstić information content (AvgIpc) is 3.44. The largest absolute Gasteiger partial charge is 0.504 e. The Morgan fingerprint density at radius 3 is 2.33 bits per heavy atom. The SMILES string of the molecule is CCC(=O)C(CCN1CCCCC1)(c1ccccc1)c1ccccc1.Oc1ccc2c3c1O[C@H]1[C@@H](O)C=C[C@H]4[C@@H](C2)NCC[C@@]341. The zero-order chi connectivity index (χ0) is 31.0. The summed E-state index contributed by atoms with van der Waals surface area (Å²) in [5, 5.41) is 24.1. The van der Waals surface area contributed by atoms with Crippen molar-refractivity contribution in [3.8, 4) is 11.5 Å². The molecule has 2 aliphatic carbocycles. The highest BCUT2D eigenvalue weighted by molar-refractivity contribution is 5.93. The van der Waals surface area contributed by atoms with E-state index in [-0.39, 0.29) is 17.3 Å². The first-order chi connectivity index (χ1) is 22.0. The maximum atomic E-state index is 13.3. The van der Waals surface area contributed by atoms with Crippen LogP contribution in [-0.4, -0.2) is 65.3 Å². The summed E-state index contributed by atoms with van der Waals surface area (Å²) in [6.07, 6.45) is 10.4. The molecule has 45 heavy (non-hydrogen) atoms. The number of ketones is 1. The number of benzene rings is 3. The number of carbonyl (C=O) groups is 1. The minimum Gasteiger partial charge on any atom is -0.504 e. The monoisotopic (exact) mass is 606 g/mol. The first-order valence-electron chi connectivity index (χ1n) is 17.0. The highest BCUT2D eigenvalue weighted by Crippen LogP contribution is 2.61. The minimum absolute atomic E-state index is 0.161. The number of hydrogen-bond donors (Lipinski definition) is 3. The van der Waals surface area contributed by atoms with E-state index in [1.165, 1.54) is 37.9 Å². The van der Waals surface area contributed by atoms with Crippen LogP contribution in [0.5, 0.6) is 11.5 Å². The molecule has 0 aromatic heterocycles. The molecule has 5 aliphatic rings. The number of ether oxygens (including phenoxy) is 1. The Morgan fingerprint density at radius 2 is 1.67 bits per heavy atom. The third-order valence-corrected chi connectivity index (χ3v) is 11.3. The number of aliphatic hydroxyl groups excluding tert-OH is 1. The summed E-state index contributed by atoms with van der Waals surface area (Å²) in [4.78, 5) is 15.8. The van der Waals surface area contributed by atoms with Gasteiger partial charge in [-0.3, -0.25) is 4.79 Å². The summed E-state index contributed by atoms with van der Waals surface area (Å²) in [5.41, 5.74) is 3.99. The number of rotatable bonds is 7. The Bertz CT molecular complexity index is 1490. The van der Waals surface area contributed by atoms with Crippen molar-refractivity contribution in [1.82, 2.24) is 10.2 Å². The van der Waals surface area contributed by atoms with E-state index < -0.39 is 11.5 Å². The second kappa shape index (κ2) is 12.4. The molecule has 6 heteroatoms. The van der Waals surface area contributed by atoms with E-state index in [2.05, 4.69) is 64.8 Å². The van der Waals surface area contributed by atoms with Gasteiger partial charge in [0, 0.05) is 29.4 Å². The lowest BCUT2D eigenvalue weighted by atomic mass is 9.54. The lowest BCUT2D eigenvalue weighted by molar-refractivity contribution is -0.123. The third-order valence-electron chi connectivity index (χ3n) is 11.3. The molecule has 6 nitrogen and oxygen atoms in total. The van der Waals surface area contributed by atoms with Gasteiger partial charge in [0.1, 0.15) is 18.0 Å². The van der Waals surface area contributed by atoms with E-state index in [4.69, 9.17) is 4.74 Å². The molecule has 3 heterocycles. The highest BCUT2D eigenvalue weighted by atomic mass is 16.5. The molecule has 236 valence electrons. The summed E-state index contributed by atoms with van der Waals surface area (Å²) in [7, 11) is 0. The molecule has 2 fully saturated rings. The molecular weight excluding hydrogens is 560 g/mol. The zero-order valence-corrected chi connectivity index (χ0v) is 26.3. The maximum Gasteiger partial charge on any atom is 0.165 e. The summed E-state index contributed by atoms with van der Waals surface area (Å²) in [6.45, 7) is 6.25. The number of nitrogens with zero attached hydrogens (tertiary/aromatic N) is 1. The minimum atomic E-state index is -0.595. The van der Waals surface area contributed by atoms with E-state index in [1.807, 2.05) is 31.2 Å². The van der Waals surface area contributed by atoms with Gasteiger partial charge in [0.05, 0.1) is 5.41 Å². The van der Waals surface area contributed by atoms with Gasteiger partial charge in [-0.25, -0.2) is 0 Å². The Hall–Kier alpha value is -3.45. The number of nitrogens with one attached hydrogen (secondary N) is 1. The predicted molar refractivity (Wildman–Crippen MR) is 177 cm³/mol. The lowest BCUT2D eigenvalue weighted by Gasteiger charge is -2.53. The molecule has 3 N–H and O–H groups in total. The van der Waals surface area contributed by atoms with Crippen molar-refractivity contribution in [3.63, 3.8) is 0 Å². The van der Waals surface area contributed by atoms with Crippen molar-refractivity contribution in [2.75, 3.05) is 26.2 Å². The van der Waals surface area contributed by atoms with Crippen molar-refractivity contribution in [3.05, 3.63) is 107 Å². The Labute approximate surface area is 267 Å². The number of aromatic hydroxyl groups is 1. The van der Waals surface area contributed by atoms with Crippen LogP contribution in [0.1, 0.15) is 67.7 Å². The molecule has 3 aromatic rings. The van der Waals surface area contributed by atoms with Gasteiger partial charge in [0.15, 0.2) is 11.5 Å². The van der Waals surface area contributed by atoms with Gasteiger partial charge >= 0.3 is 0 Å². The number of likely N-dealkylation sites (tertiary alicyclic amines) is 1. The first kappa shape index (κ1) is 30.2. The molecule has 0 unspecified atom stereocenters. The second-order valence-corrected chi connectivity index (χ2v) is 13.5. The molecular formula is C39H46N2O4.